The van der Waals surface area contributed by atoms with Gasteiger partial charge in [-0.3, -0.25) is 28.8 Å². The molecule has 0 saturated carbocycles. The number of phenolic OH excluding ortho intramolecular Hbond substituents is 4. The number of hydrogen-bond donors (Lipinski definition) is 10. The molecule has 10 N–H and O–H groups in total. The third-order valence-corrected chi connectivity index (χ3v) is 13.1. The van der Waals surface area contributed by atoms with E-state index in [1.165, 1.54) is 36.4 Å². The Bertz CT molecular complexity index is 2190. The van der Waals surface area contributed by atoms with Crippen LogP contribution in [-0.4, -0.2) is 93.1 Å². The van der Waals surface area contributed by atoms with Crippen molar-refractivity contribution in [2.45, 2.75) is 142 Å². The minimum Gasteiger partial charge on any atom is -0.504 e. The van der Waals surface area contributed by atoms with Crippen LogP contribution in [0.25, 0.3) is 0 Å². The molecule has 0 spiro atoms. The second kappa shape index (κ2) is 30.6. The molecule has 0 heterocycles. The van der Waals surface area contributed by atoms with Crippen molar-refractivity contribution in [3.8, 4) is 23.0 Å². The standard InChI is InChI=1S/C56H76N6O10/c1-5-37(3)47(61-53(69)43(35-39-25-17-15-18-26-39)59-51(67)41-29-23-31-45(63)49(41)65)55(71)57-33-21-13-11-9-7-8-10-12-14-22-34-58-56(72)48(38(4)6-2)62-54(70)44(36-40-27-19-16-20-28-40)60-52(68)42-30-24-32-46(64)50(42)66/h15-20,23-32,37-38,43-44,47-48,63-66H,5-14,21-22,33-36H2,1-4H3,(H,57,71)(H,58,72)(H,59,67)(H,60,68)(H,61,69)(H,62,70). The second-order valence-electron chi connectivity index (χ2n) is 18.6. The quantitative estimate of drug-likeness (QED) is 0.0181. The van der Waals surface area contributed by atoms with E-state index in [4.69, 9.17) is 0 Å². The van der Waals surface area contributed by atoms with Gasteiger partial charge < -0.3 is 52.3 Å². The molecule has 4 aromatic carbocycles. The molecule has 16 nitrogen and oxygen atoms in total. The Morgan fingerprint density at radius 3 is 1.08 bits per heavy atom. The van der Waals surface area contributed by atoms with Gasteiger partial charge in [0.05, 0.1) is 11.1 Å². The Hall–Kier alpha value is -7.10. The van der Waals surface area contributed by atoms with Crippen LogP contribution in [0, 0.1) is 11.8 Å². The van der Waals surface area contributed by atoms with Crippen molar-refractivity contribution in [1.82, 2.24) is 31.9 Å². The highest BCUT2D eigenvalue weighted by Gasteiger charge is 2.32. The van der Waals surface area contributed by atoms with Gasteiger partial charge >= 0.3 is 0 Å². The first kappa shape index (κ1) is 57.5. The Morgan fingerprint density at radius 1 is 0.417 bits per heavy atom. The largest absolute Gasteiger partial charge is 0.504 e. The number of carbonyl (C=O) groups excluding carboxylic acids is 6. The zero-order chi connectivity index (χ0) is 52.4. The van der Waals surface area contributed by atoms with Crippen LogP contribution < -0.4 is 31.9 Å². The van der Waals surface area contributed by atoms with E-state index in [0.29, 0.717) is 25.9 Å². The monoisotopic (exact) mass is 993 g/mol. The maximum Gasteiger partial charge on any atom is 0.255 e. The lowest BCUT2D eigenvalue weighted by Gasteiger charge is -2.27. The molecule has 6 atom stereocenters. The summed E-state index contributed by atoms with van der Waals surface area (Å²) in [7, 11) is 0. The molecule has 0 fully saturated rings. The predicted octanol–water partition coefficient (Wildman–Crippen LogP) is 7.09. The number of benzene rings is 4. The minimum absolute atomic E-state index is 0.137. The maximum atomic E-state index is 13.8. The fourth-order valence-electron chi connectivity index (χ4n) is 8.24. The number of unbranched alkanes of at least 4 members (excludes halogenated alkanes) is 9. The molecule has 390 valence electrons. The third kappa shape index (κ3) is 18.6. The summed E-state index contributed by atoms with van der Waals surface area (Å²) < 4.78 is 0. The maximum absolute atomic E-state index is 13.8. The van der Waals surface area contributed by atoms with Gasteiger partial charge in [-0.25, -0.2) is 0 Å². The summed E-state index contributed by atoms with van der Waals surface area (Å²) in [6.07, 6.45) is 11.4. The van der Waals surface area contributed by atoms with Gasteiger partial charge in [-0.05, 0) is 60.1 Å². The topological polar surface area (TPSA) is 256 Å². The lowest BCUT2D eigenvalue weighted by atomic mass is 9.97. The Balaban J connectivity index is 1.13. The molecule has 16 heteroatoms. The van der Waals surface area contributed by atoms with Crippen molar-refractivity contribution >= 4 is 35.4 Å². The second-order valence-corrected chi connectivity index (χ2v) is 18.6. The van der Waals surface area contributed by atoms with E-state index in [0.717, 1.165) is 75.3 Å². The first-order valence-corrected chi connectivity index (χ1v) is 25.5. The summed E-state index contributed by atoms with van der Waals surface area (Å²) in [6.45, 7) is 8.57. The molecule has 0 radical (unpaired) electrons. The lowest BCUT2D eigenvalue weighted by Crippen LogP contribution is -2.56. The van der Waals surface area contributed by atoms with Gasteiger partial charge in [0.25, 0.3) is 11.8 Å². The summed E-state index contributed by atoms with van der Waals surface area (Å²) >= 11 is 0. The van der Waals surface area contributed by atoms with Gasteiger partial charge in [0.15, 0.2) is 23.0 Å². The number of rotatable bonds is 31. The molecule has 0 aliphatic heterocycles. The highest BCUT2D eigenvalue weighted by Crippen LogP contribution is 2.29. The van der Waals surface area contributed by atoms with E-state index in [2.05, 4.69) is 31.9 Å². The van der Waals surface area contributed by atoms with E-state index in [-0.39, 0.29) is 47.6 Å². The summed E-state index contributed by atoms with van der Waals surface area (Å²) in [5, 5.41) is 57.5. The molecule has 4 rings (SSSR count). The molecular weight excluding hydrogens is 917 g/mol. The number of aromatic hydroxyl groups is 4. The lowest BCUT2D eigenvalue weighted by molar-refractivity contribution is -0.131. The SMILES string of the molecule is CCC(C)C(NC(=O)C(Cc1ccccc1)NC(=O)c1cccc(O)c1O)C(=O)NCCCCCCCCCCCCNC(=O)C(NC(=O)C(Cc1ccccc1)NC(=O)c1cccc(O)c1O)C(C)CC. The van der Waals surface area contributed by atoms with Crippen molar-refractivity contribution < 1.29 is 49.2 Å². The van der Waals surface area contributed by atoms with Gasteiger partial charge in [0.2, 0.25) is 23.6 Å². The van der Waals surface area contributed by atoms with Crippen molar-refractivity contribution in [3.63, 3.8) is 0 Å². The molecule has 72 heavy (non-hydrogen) atoms. The van der Waals surface area contributed by atoms with Crippen LogP contribution in [0.2, 0.25) is 0 Å². The summed E-state index contributed by atoms with van der Waals surface area (Å²) in [5.74, 6) is -5.64. The molecular formula is C56H76N6O10. The normalized spacial score (nSPS) is 13.6. The van der Waals surface area contributed by atoms with E-state index in [1.54, 1.807) is 0 Å². The number of hydrogen-bond acceptors (Lipinski definition) is 10. The van der Waals surface area contributed by atoms with Gasteiger partial charge in [-0.2, -0.15) is 0 Å². The zero-order valence-electron chi connectivity index (χ0n) is 42.3. The van der Waals surface area contributed by atoms with Crippen LogP contribution in [0.4, 0.5) is 0 Å². The molecule has 0 saturated heterocycles. The first-order valence-electron chi connectivity index (χ1n) is 25.5. The molecule has 6 unspecified atom stereocenters. The van der Waals surface area contributed by atoms with E-state index in [9.17, 15) is 49.2 Å². The number of nitrogens with one attached hydrogen (secondary N) is 6. The number of phenols is 4. The molecule has 0 aliphatic carbocycles. The van der Waals surface area contributed by atoms with Crippen molar-refractivity contribution in [3.05, 3.63) is 119 Å². The van der Waals surface area contributed by atoms with Crippen LogP contribution in [0.1, 0.15) is 137 Å². The fraction of sp³-hybridized carbons (Fsp3) is 0.464. The molecule has 0 aromatic heterocycles. The molecule has 6 amide bonds. The first-order chi connectivity index (χ1) is 34.6. The highest BCUT2D eigenvalue weighted by atomic mass is 16.3. The van der Waals surface area contributed by atoms with Crippen LogP contribution in [0.5, 0.6) is 23.0 Å². The van der Waals surface area contributed by atoms with E-state index in [1.807, 2.05) is 88.4 Å². The fourth-order valence-corrected chi connectivity index (χ4v) is 8.24. The Kier molecular flexibility index (Phi) is 24.4. The van der Waals surface area contributed by atoms with Crippen LogP contribution >= 0.6 is 0 Å². The van der Waals surface area contributed by atoms with Gasteiger partial charge in [0.1, 0.15) is 24.2 Å². The van der Waals surface area contributed by atoms with E-state index >= 15 is 0 Å². The summed E-state index contributed by atoms with van der Waals surface area (Å²) in [5.41, 5.74) is 1.21. The zero-order valence-corrected chi connectivity index (χ0v) is 42.3. The van der Waals surface area contributed by atoms with Crippen molar-refractivity contribution in [2.75, 3.05) is 13.1 Å². The Labute approximate surface area is 424 Å². The van der Waals surface area contributed by atoms with Gasteiger partial charge in [0, 0.05) is 25.9 Å². The highest BCUT2D eigenvalue weighted by molar-refractivity contribution is 6.02. The van der Waals surface area contributed by atoms with Crippen LogP contribution in [-0.2, 0) is 32.0 Å². The third-order valence-electron chi connectivity index (χ3n) is 13.1. The van der Waals surface area contributed by atoms with Crippen molar-refractivity contribution in [2.24, 2.45) is 11.8 Å². The predicted molar refractivity (Wildman–Crippen MR) is 277 cm³/mol. The summed E-state index contributed by atoms with van der Waals surface area (Å²) in [6, 6.07) is 22.5. The molecule has 0 aliphatic rings. The van der Waals surface area contributed by atoms with E-state index < -0.39 is 70.8 Å². The molecule has 4 aromatic rings. The average Bonchev–Trinajstić information content (AvgIpc) is 3.38. The smallest absolute Gasteiger partial charge is 0.255 e. The van der Waals surface area contributed by atoms with Gasteiger partial charge in [-0.15, -0.1) is 0 Å². The minimum atomic E-state index is -1.07. The van der Waals surface area contributed by atoms with Crippen LogP contribution in [0.15, 0.2) is 97.1 Å². The van der Waals surface area contributed by atoms with Crippen molar-refractivity contribution in [1.29, 1.82) is 0 Å². The molecule has 0 bridgehead atoms. The number of carbonyl (C=O) groups is 6. The number of amides is 6. The Morgan fingerprint density at radius 2 is 0.750 bits per heavy atom. The van der Waals surface area contributed by atoms with Gasteiger partial charge in [-0.1, -0.05) is 165 Å². The van der Waals surface area contributed by atoms with Crippen LogP contribution in [0.3, 0.4) is 0 Å². The summed E-state index contributed by atoms with van der Waals surface area (Å²) in [4.78, 5) is 80.8. The average molecular weight is 993 g/mol. The number of para-hydroxylation sites is 2.